The van der Waals surface area contributed by atoms with Gasteiger partial charge in [-0.2, -0.15) is 0 Å². The number of phenolic OH excluding ortho intramolecular Hbond substituents is 1. The van der Waals surface area contributed by atoms with Gasteiger partial charge in [0.05, 0.1) is 5.56 Å². The summed E-state index contributed by atoms with van der Waals surface area (Å²) in [6.45, 7) is 0. The van der Waals surface area contributed by atoms with Gasteiger partial charge in [-0.05, 0) is 72.8 Å². The monoisotopic (exact) mass is 563 g/mol. The number of nitrogens with zero attached hydrogens (tertiary/aromatic N) is 1. The number of para-hydroxylation sites is 1. The van der Waals surface area contributed by atoms with Crippen molar-refractivity contribution in [3.63, 3.8) is 0 Å². The van der Waals surface area contributed by atoms with Crippen molar-refractivity contribution in [1.82, 2.24) is 4.98 Å². The summed E-state index contributed by atoms with van der Waals surface area (Å²) in [6.07, 6.45) is 3.51. The van der Waals surface area contributed by atoms with Crippen molar-refractivity contribution in [2.24, 2.45) is 0 Å². The number of hydrogen-bond acceptors (Lipinski definition) is 3. The zero-order valence-corrected chi connectivity index (χ0v) is 23.7. The second-order valence-electron chi connectivity index (χ2n) is 11.2. The van der Waals surface area contributed by atoms with Crippen LogP contribution in [-0.4, -0.2) is 10.1 Å². The van der Waals surface area contributed by atoms with Gasteiger partial charge in [0.1, 0.15) is 16.9 Å². The van der Waals surface area contributed by atoms with Crippen LogP contribution in [0.5, 0.6) is 5.75 Å². The number of furan rings is 1. The molecule has 0 unspecified atom stereocenters. The summed E-state index contributed by atoms with van der Waals surface area (Å²) in [5.41, 5.74) is 7.31. The van der Waals surface area contributed by atoms with Crippen LogP contribution in [0.3, 0.4) is 0 Å². The first-order valence-electron chi connectivity index (χ1n) is 14.8. The topological polar surface area (TPSA) is 46.3 Å². The average molecular weight is 564 g/mol. The zero-order chi connectivity index (χ0) is 29.2. The molecule has 2 heterocycles. The maximum atomic E-state index is 11.7. The van der Waals surface area contributed by atoms with Crippen molar-refractivity contribution in [3.05, 3.63) is 146 Å². The number of fused-ring (bicyclic) bond motifs is 6. The molecule has 206 valence electrons. The molecule has 0 saturated heterocycles. The predicted molar refractivity (Wildman–Crippen MR) is 182 cm³/mol. The molecule has 0 bridgehead atoms. The Morgan fingerprint density at radius 3 is 1.77 bits per heavy atom. The van der Waals surface area contributed by atoms with Crippen LogP contribution in [0.4, 0.5) is 0 Å². The lowest BCUT2D eigenvalue weighted by molar-refractivity contribution is 0.477. The molecule has 0 amide bonds. The molecule has 0 aliphatic heterocycles. The van der Waals surface area contributed by atoms with E-state index in [4.69, 9.17) is 4.42 Å². The second kappa shape index (κ2) is 9.55. The number of aromatic hydroxyl groups is 1. The summed E-state index contributed by atoms with van der Waals surface area (Å²) in [5, 5.41) is 20.7. The van der Waals surface area contributed by atoms with E-state index in [9.17, 15) is 5.11 Å². The Kier molecular flexibility index (Phi) is 5.35. The van der Waals surface area contributed by atoms with Crippen molar-refractivity contribution in [2.45, 2.75) is 0 Å². The molecule has 0 spiro atoms. The highest BCUT2D eigenvalue weighted by Gasteiger charge is 2.24. The summed E-state index contributed by atoms with van der Waals surface area (Å²) in [5.74, 6) is 0.158. The molecule has 1 N–H and O–H groups in total. The van der Waals surface area contributed by atoms with Crippen molar-refractivity contribution < 1.29 is 9.52 Å². The standard InChI is InChI=1S/C41H25NO2/c43-35-23-34(40-33-19-7-8-21-36(33)44-41(40)37(35)26-13-10-22-42-24-26)39-31-17-5-3-15-29(31)38(30-16-4-6-18-32(30)39)28-20-9-12-25-11-1-2-14-27(25)28/h1-24,43H. The molecular formula is C41H25NO2. The maximum absolute atomic E-state index is 11.7. The first-order valence-corrected chi connectivity index (χ1v) is 14.8. The molecule has 3 nitrogen and oxygen atoms in total. The quantitative estimate of drug-likeness (QED) is 0.218. The average Bonchev–Trinajstić information content (AvgIpc) is 3.46. The Labute approximate surface area is 253 Å². The van der Waals surface area contributed by atoms with Gasteiger partial charge in [0, 0.05) is 28.7 Å². The number of rotatable bonds is 3. The van der Waals surface area contributed by atoms with E-state index in [-0.39, 0.29) is 5.75 Å². The number of aromatic nitrogens is 1. The highest BCUT2D eigenvalue weighted by molar-refractivity contribution is 6.28. The van der Waals surface area contributed by atoms with E-state index in [0.717, 1.165) is 54.6 Å². The van der Waals surface area contributed by atoms with Crippen LogP contribution in [0.25, 0.3) is 87.6 Å². The Balaban J connectivity index is 1.48. The largest absolute Gasteiger partial charge is 0.507 e. The number of benzene rings is 7. The SMILES string of the molecule is Oc1cc(-c2c3ccccc3c(-c3cccc4ccccc34)c3ccccc23)c2c(oc3ccccc32)c1-c1cccnc1. The summed E-state index contributed by atoms with van der Waals surface area (Å²) in [7, 11) is 0. The molecule has 9 rings (SSSR count). The van der Waals surface area contributed by atoms with Gasteiger partial charge >= 0.3 is 0 Å². The summed E-state index contributed by atoms with van der Waals surface area (Å²) < 4.78 is 6.56. The van der Waals surface area contributed by atoms with E-state index in [2.05, 4.69) is 102 Å². The fourth-order valence-electron chi connectivity index (χ4n) is 7.03. The Morgan fingerprint density at radius 2 is 1.09 bits per heavy atom. The minimum atomic E-state index is 0.158. The van der Waals surface area contributed by atoms with Gasteiger partial charge in [0.25, 0.3) is 0 Å². The molecule has 0 radical (unpaired) electrons. The molecule has 0 atom stereocenters. The third kappa shape index (κ3) is 3.53. The molecule has 44 heavy (non-hydrogen) atoms. The summed E-state index contributed by atoms with van der Waals surface area (Å²) in [6, 6.07) is 46.2. The highest BCUT2D eigenvalue weighted by Crippen LogP contribution is 2.51. The molecule has 0 fully saturated rings. The zero-order valence-electron chi connectivity index (χ0n) is 23.7. The molecule has 0 aliphatic rings. The third-order valence-corrected chi connectivity index (χ3v) is 8.84. The lowest BCUT2D eigenvalue weighted by atomic mass is 9.83. The van der Waals surface area contributed by atoms with Gasteiger partial charge in [-0.1, -0.05) is 115 Å². The summed E-state index contributed by atoms with van der Waals surface area (Å²) >= 11 is 0. The van der Waals surface area contributed by atoms with E-state index < -0.39 is 0 Å². The van der Waals surface area contributed by atoms with Crippen LogP contribution >= 0.6 is 0 Å². The van der Waals surface area contributed by atoms with E-state index in [1.807, 2.05) is 36.4 Å². The third-order valence-electron chi connectivity index (χ3n) is 8.84. The van der Waals surface area contributed by atoms with Gasteiger partial charge in [-0.25, -0.2) is 0 Å². The van der Waals surface area contributed by atoms with Crippen molar-refractivity contribution >= 4 is 54.3 Å². The van der Waals surface area contributed by atoms with Crippen LogP contribution in [0.2, 0.25) is 0 Å². The molecule has 0 saturated carbocycles. The molecule has 0 aliphatic carbocycles. The van der Waals surface area contributed by atoms with E-state index in [1.54, 1.807) is 12.4 Å². The lowest BCUT2D eigenvalue weighted by Gasteiger charge is -2.20. The number of phenols is 1. The van der Waals surface area contributed by atoms with Gasteiger partial charge < -0.3 is 9.52 Å². The first kappa shape index (κ1) is 24.6. The van der Waals surface area contributed by atoms with Crippen molar-refractivity contribution in [1.29, 1.82) is 0 Å². The van der Waals surface area contributed by atoms with Crippen LogP contribution in [0, 0.1) is 0 Å². The Hall–Kier alpha value is -5.93. The van der Waals surface area contributed by atoms with E-state index >= 15 is 0 Å². The van der Waals surface area contributed by atoms with Crippen LogP contribution < -0.4 is 0 Å². The van der Waals surface area contributed by atoms with E-state index in [0.29, 0.717) is 11.1 Å². The smallest absolute Gasteiger partial charge is 0.147 e. The molecule has 2 aromatic heterocycles. The van der Waals surface area contributed by atoms with Gasteiger partial charge in [0.15, 0.2) is 0 Å². The van der Waals surface area contributed by atoms with Crippen molar-refractivity contribution in [2.75, 3.05) is 0 Å². The van der Waals surface area contributed by atoms with Gasteiger partial charge in [-0.3, -0.25) is 4.98 Å². The van der Waals surface area contributed by atoms with Crippen LogP contribution in [0.1, 0.15) is 0 Å². The van der Waals surface area contributed by atoms with Crippen LogP contribution in [-0.2, 0) is 0 Å². The van der Waals surface area contributed by atoms with Crippen molar-refractivity contribution in [3.8, 4) is 39.1 Å². The Morgan fingerprint density at radius 1 is 0.500 bits per heavy atom. The normalized spacial score (nSPS) is 11.7. The minimum Gasteiger partial charge on any atom is -0.507 e. The maximum Gasteiger partial charge on any atom is 0.147 e. The number of hydrogen-bond donors (Lipinski definition) is 1. The second-order valence-corrected chi connectivity index (χ2v) is 11.2. The Bertz CT molecular complexity index is 2500. The lowest BCUT2D eigenvalue weighted by Crippen LogP contribution is -1.93. The minimum absolute atomic E-state index is 0.158. The highest BCUT2D eigenvalue weighted by atomic mass is 16.3. The molecule has 7 aromatic carbocycles. The number of pyridine rings is 1. The fourth-order valence-corrected chi connectivity index (χ4v) is 7.03. The fraction of sp³-hybridized carbons (Fsp3) is 0. The van der Waals surface area contributed by atoms with Gasteiger partial charge in [-0.15, -0.1) is 0 Å². The van der Waals surface area contributed by atoms with Gasteiger partial charge in [0.2, 0.25) is 0 Å². The molecule has 3 heteroatoms. The first-order chi connectivity index (χ1) is 21.8. The predicted octanol–water partition coefficient (Wildman–Crippen LogP) is 11.1. The molecular weight excluding hydrogens is 538 g/mol. The van der Waals surface area contributed by atoms with Crippen LogP contribution in [0.15, 0.2) is 150 Å². The van der Waals surface area contributed by atoms with E-state index in [1.165, 1.54) is 21.9 Å². The molecule has 9 aromatic rings. The summed E-state index contributed by atoms with van der Waals surface area (Å²) in [4.78, 5) is 4.33.